The van der Waals surface area contributed by atoms with Crippen LogP contribution in [0.15, 0.2) is 94.7 Å². The third-order valence-corrected chi connectivity index (χ3v) is 12.1. The summed E-state index contributed by atoms with van der Waals surface area (Å²) in [5, 5.41) is 1.71. The topological polar surface area (TPSA) is 59.4 Å². The molecular formula is C31H23ClN2O3S2. The highest BCUT2D eigenvalue weighted by Gasteiger charge is 2.69. The number of rotatable bonds is 3. The summed E-state index contributed by atoms with van der Waals surface area (Å²) in [5.41, 5.74) is 2.63. The number of benzene rings is 3. The number of nitrogens with zero attached hydrogens (tertiary/aromatic N) is 2. The molecule has 4 aliphatic rings. The van der Waals surface area contributed by atoms with Gasteiger partial charge in [-0.25, -0.2) is 0 Å². The number of thioether (sulfide) groups is 1. The Hall–Kier alpha value is -3.13. The first kappa shape index (κ1) is 23.7. The number of aromatic nitrogens is 1. The van der Waals surface area contributed by atoms with Gasteiger partial charge in [-0.3, -0.25) is 23.9 Å². The zero-order valence-corrected chi connectivity index (χ0v) is 23.0. The number of hydrogen-bond acceptors (Lipinski definition) is 5. The lowest BCUT2D eigenvalue weighted by Gasteiger charge is -2.43. The van der Waals surface area contributed by atoms with Gasteiger partial charge in [-0.2, -0.15) is 0 Å². The molecule has 2 aliphatic carbocycles. The number of para-hydroxylation sites is 1. The highest BCUT2D eigenvalue weighted by molar-refractivity contribution is 8.00. The Balaban J connectivity index is 1.26. The molecule has 2 amide bonds. The molecule has 7 atom stereocenters. The van der Waals surface area contributed by atoms with E-state index in [4.69, 9.17) is 11.6 Å². The quantitative estimate of drug-likeness (QED) is 0.274. The van der Waals surface area contributed by atoms with Crippen molar-refractivity contribution in [2.24, 2.45) is 29.6 Å². The fourth-order valence-electron chi connectivity index (χ4n) is 7.75. The van der Waals surface area contributed by atoms with Gasteiger partial charge in [0.1, 0.15) is 0 Å². The van der Waals surface area contributed by atoms with Gasteiger partial charge in [0.2, 0.25) is 11.8 Å². The van der Waals surface area contributed by atoms with Crippen molar-refractivity contribution >= 4 is 52.2 Å². The number of fused-ring (bicyclic) bond motifs is 9. The molecular weight excluding hydrogens is 548 g/mol. The molecule has 0 radical (unpaired) electrons. The molecule has 0 unspecified atom stereocenters. The zero-order valence-electron chi connectivity index (χ0n) is 20.6. The van der Waals surface area contributed by atoms with Gasteiger partial charge in [0, 0.05) is 21.1 Å². The molecule has 2 bridgehead atoms. The van der Waals surface area contributed by atoms with Gasteiger partial charge in [-0.05, 0) is 66.1 Å². The molecule has 0 spiro atoms. The molecule has 8 rings (SSSR count). The second kappa shape index (κ2) is 8.68. The van der Waals surface area contributed by atoms with Crippen LogP contribution in [-0.2, 0) is 9.59 Å². The van der Waals surface area contributed by atoms with E-state index in [1.165, 1.54) is 21.8 Å². The fourth-order valence-corrected chi connectivity index (χ4v) is 11.0. The van der Waals surface area contributed by atoms with Crippen molar-refractivity contribution in [3.63, 3.8) is 0 Å². The second-order valence-corrected chi connectivity index (χ2v) is 13.5. The summed E-state index contributed by atoms with van der Waals surface area (Å²) in [5.74, 6) is -0.447. The van der Waals surface area contributed by atoms with Gasteiger partial charge < -0.3 is 0 Å². The van der Waals surface area contributed by atoms with Gasteiger partial charge in [-0.15, -0.1) is 11.8 Å². The molecule has 4 aromatic rings. The molecule has 8 heteroatoms. The lowest BCUT2D eigenvalue weighted by atomic mass is 9.68. The number of carbonyl (C=O) groups excluding carboxylic acids is 2. The summed E-state index contributed by atoms with van der Waals surface area (Å²) in [7, 11) is 0. The first-order valence-corrected chi connectivity index (χ1v) is 15.3. The first-order chi connectivity index (χ1) is 19.0. The Labute approximate surface area is 238 Å². The molecule has 0 N–H and O–H groups in total. The van der Waals surface area contributed by atoms with Gasteiger partial charge in [0.15, 0.2) is 0 Å². The van der Waals surface area contributed by atoms with Crippen LogP contribution in [0.5, 0.6) is 0 Å². The van der Waals surface area contributed by atoms with Crippen molar-refractivity contribution in [3.05, 3.63) is 110 Å². The number of anilines is 1. The maximum Gasteiger partial charge on any atom is 0.312 e. The van der Waals surface area contributed by atoms with E-state index in [0.29, 0.717) is 10.7 Å². The summed E-state index contributed by atoms with van der Waals surface area (Å²) in [4.78, 5) is 43.7. The van der Waals surface area contributed by atoms with E-state index >= 15 is 0 Å². The third kappa shape index (κ3) is 3.30. The van der Waals surface area contributed by atoms with Gasteiger partial charge in [-0.1, -0.05) is 71.5 Å². The van der Waals surface area contributed by atoms with Crippen LogP contribution >= 0.6 is 34.7 Å². The van der Waals surface area contributed by atoms with Crippen LogP contribution in [0.2, 0.25) is 5.02 Å². The van der Waals surface area contributed by atoms with Crippen LogP contribution < -0.4 is 9.77 Å². The maximum atomic E-state index is 13.9. The summed E-state index contributed by atoms with van der Waals surface area (Å²) < 4.78 is 1.85. The summed E-state index contributed by atoms with van der Waals surface area (Å²) >= 11 is 9.17. The average Bonchev–Trinajstić information content (AvgIpc) is 3.68. The third-order valence-electron chi connectivity index (χ3n) is 9.13. The Kier molecular flexibility index (Phi) is 5.28. The van der Waals surface area contributed by atoms with Crippen molar-refractivity contribution in [2.75, 3.05) is 4.90 Å². The largest absolute Gasteiger partial charge is 0.312 e. The molecule has 5 nitrogen and oxygen atoms in total. The Morgan fingerprint density at radius 2 is 1.38 bits per heavy atom. The van der Waals surface area contributed by atoms with E-state index in [2.05, 4.69) is 12.1 Å². The van der Waals surface area contributed by atoms with Gasteiger partial charge in [0.25, 0.3) is 0 Å². The molecule has 1 saturated heterocycles. The summed E-state index contributed by atoms with van der Waals surface area (Å²) in [6.45, 7) is 0. The molecule has 1 aromatic heterocycles. The van der Waals surface area contributed by atoms with Crippen molar-refractivity contribution in [2.45, 2.75) is 22.6 Å². The number of halogens is 1. The summed E-state index contributed by atoms with van der Waals surface area (Å²) in [6, 6.07) is 27.1. The highest BCUT2D eigenvalue weighted by Crippen LogP contribution is 2.69. The summed E-state index contributed by atoms with van der Waals surface area (Å²) in [6.07, 6.45) is 0.872. The Bertz CT molecular complexity index is 1680. The van der Waals surface area contributed by atoms with Crippen molar-refractivity contribution in [1.29, 1.82) is 0 Å². The van der Waals surface area contributed by atoms with E-state index in [1.54, 1.807) is 36.0 Å². The van der Waals surface area contributed by atoms with Gasteiger partial charge >= 0.3 is 4.87 Å². The van der Waals surface area contributed by atoms with Crippen LogP contribution in [0.4, 0.5) is 5.69 Å². The fraction of sp³-hybridized carbons (Fsp3) is 0.258. The minimum Gasteiger partial charge on any atom is -0.274 e. The molecule has 3 heterocycles. The second-order valence-electron chi connectivity index (χ2n) is 10.9. The smallest absolute Gasteiger partial charge is 0.274 e. The number of thiazole rings is 1. The zero-order chi connectivity index (χ0) is 26.4. The van der Waals surface area contributed by atoms with Crippen molar-refractivity contribution < 1.29 is 9.59 Å². The van der Waals surface area contributed by atoms with Crippen LogP contribution in [0, 0.1) is 29.6 Å². The maximum absolute atomic E-state index is 13.9. The Morgan fingerprint density at radius 3 is 2.08 bits per heavy atom. The molecule has 2 aliphatic heterocycles. The average molecular weight is 571 g/mol. The van der Waals surface area contributed by atoms with Crippen LogP contribution in [-0.4, -0.2) is 21.6 Å². The standard InChI is InChI=1S/C31H23ClN2O3S2/c32-17-11-13-19(14-12-17)33-28(35)24-20-15-21(25(24)29(33)36)26-23(20)22(16-7-3-1-4-8-16)27-30(38-26)34(31(37)39-27)18-9-5-2-6-10-18/h1-14,20-26H,15H2/t20-,21+,22+,23+,24+,25+,26+/m0/s1. The van der Waals surface area contributed by atoms with Crippen LogP contribution in [0.25, 0.3) is 5.69 Å². The Morgan fingerprint density at radius 1 is 0.744 bits per heavy atom. The predicted octanol–water partition coefficient (Wildman–Crippen LogP) is 6.23. The first-order valence-electron chi connectivity index (χ1n) is 13.2. The predicted molar refractivity (Wildman–Crippen MR) is 154 cm³/mol. The molecule has 194 valence electrons. The van der Waals surface area contributed by atoms with E-state index < -0.39 is 0 Å². The minimum absolute atomic E-state index is 0.00760. The van der Waals surface area contributed by atoms with Gasteiger partial charge in [0.05, 0.1) is 28.2 Å². The lowest BCUT2D eigenvalue weighted by Crippen LogP contribution is -2.43. The molecule has 39 heavy (non-hydrogen) atoms. The normalized spacial score (nSPS) is 30.4. The van der Waals surface area contributed by atoms with Crippen molar-refractivity contribution in [1.82, 2.24) is 4.57 Å². The van der Waals surface area contributed by atoms with E-state index in [0.717, 1.165) is 22.0 Å². The lowest BCUT2D eigenvalue weighted by molar-refractivity contribution is -0.123. The number of hydrogen-bond donors (Lipinski definition) is 0. The molecule has 3 fully saturated rings. The van der Waals surface area contributed by atoms with E-state index in [9.17, 15) is 14.4 Å². The number of carbonyl (C=O) groups is 2. The van der Waals surface area contributed by atoms with Crippen molar-refractivity contribution in [3.8, 4) is 5.69 Å². The number of imide groups is 1. The SMILES string of the molecule is O=C1[C@@H]2[C@H]3C[C@@H]([C@H]4Sc5c(sc(=O)n5-c5ccccc5)[C@H](c5ccccc5)[C@@H]34)[C@H]2C(=O)N1c1ccc(Cl)cc1. The van der Waals surface area contributed by atoms with E-state index in [-0.39, 0.29) is 57.4 Å². The minimum atomic E-state index is -0.319. The van der Waals surface area contributed by atoms with E-state index in [1.807, 2.05) is 53.1 Å². The number of amides is 2. The highest BCUT2D eigenvalue weighted by atomic mass is 35.5. The monoisotopic (exact) mass is 570 g/mol. The van der Waals surface area contributed by atoms with Crippen LogP contribution in [0.1, 0.15) is 22.8 Å². The molecule has 2 saturated carbocycles. The molecule has 3 aromatic carbocycles. The van der Waals surface area contributed by atoms with Crippen LogP contribution in [0.3, 0.4) is 0 Å².